The summed E-state index contributed by atoms with van der Waals surface area (Å²) in [4.78, 5) is 35.3. The van der Waals surface area contributed by atoms with E-state index in [1.54, 1.807) is 0 Å². The smallest absolute Gasteiger partial charge is 0.326 e. The van der Waals surface area contributed by atoms with Crippen LogP contribution in [-0.2, 0) is 9.59 Å². The molecule has 2 fully saturated rings. The van der Waals surface area contributed by atoms with E-state index in [4.69, 9.17) is 10.8 Å². The zero-order valence-corrected chi connectivity index (χ0v) is 9.96. The van der Waals surface area contributed by atoms with Crippen LogP contribution in [0.1, 0.15) is 19.3 Å². The minimum Gasteiger partial charge on any atom is -0.480 e. The van der Waals surface area contributed by atoms with Crippen LogP contribution < -0.4 is 11.1 Å². The molecule has 7 heteroatoms. The monoisotopic (exact) mass is 255 g/mol. The third-order valence-corrected chi connectivity index (χ3v) is 3.52. The number of rotatable bonds is 4. The molecule has 2 aliphatic rings. The van der Waals surface area contributed by atoms with Gasteiger partial charge in [-0.1, -0.05) is 0 Å². The molecular weight excluding hydrogens is 238 g/mol. The van der Waals surface area contributed by atoms with Gasteiger partial charge in [-0.05, 0) is 25.2 Å². The summed E-state index contributed by atoms with van der Waals surface area (Å²) in [5, 5.41) is 11.5. The second kappa shape index (κ2) is 4.83. The van der Waals surface area contributed by atoms with Crippen LogP contribution in [0.3, 0.4) is 0 Å². The Morgan fingerprint density at radius 3 is 2.39 bits per heavy atom. The number of hydrogen-bond acceptors (Lipinski definition) is 3. The van der Waals surface area contributed by atoms with Crippen LogP contribution in [0.2, 0.25) is 0 Å². The number of primary amides is 1. The number of likely N-dealkylation sites (tertiary alicyclic amines) is 1. The van der Waals surface area contributed by atoms with Crippen molar-refractivity contribution in [2.24, 2.45) is 17.6 Å². The molecule has 2 unspecified atom stereocenters. The fourth-order valence-electron chi connectivity index (χ4n) is 2.21. The van der Waals surface area contributed by atoms with E-state index in [-0.39, 0.29) is 18.4 Å². The Labute approximate surface area is 104 Å². The first-order chi connectivity index (χ1) is 8.49. The molecule has 3 amide bonds. The van der Waals surface area contributed by atoms with Crippen LogP contribution in [0.4, 0.5) is 4.79 Å². The number of aliphatic carboxylic acids is 1. The fraction of sp³-hybridized carbons (Fsp3) is 0.727. The van der Waals surface area contributed by atoms with Gasteiger partial charge in [0.15, 0.2) is 0 Å². The Morgan fingerprint density at radius 2 is 1.94 bits per heavy atom. The van der Waals surface area contributed by atoms with Gasteiger partial charge in [0.2, 0.25) is 5.91 Å². The van der Waals surface area contributed by atoms with Crippen LogP contribution in [0, 0.1) is 11.8 Å². The van der Waals surface area contributed by atoms with Crippen molar-refractivity contribution in [2.45, 2.75) is 25.3 Å². The van der Waals surface area contributed by atoms with E-state index in [0.717, 1.165) is 12.8 Å². The second-order valence-electron chi connectivity index (χ2n) is 4.94. The van der Waals surface area contributed by atoms with E-state index < -0.39 is 23.9 Å². The molecule has 1 saturated heterocycles. The molecule has 7 nitrogen and oxygen atoms in total. The molecule has 0 aromatic rings. The van der Waals surface area contributed by atoms with Crippen molar-refractivity contribution in [3.05, 3.63) is 0 Å². The standard InChI is InChI=1S/C11H17N3O4/c12-9(15)7-3-4-14(5-7)11(18)13-8(10(16)17)6-1-2-6/h6-8H,1-5H2,(H2,12,15)(H,13,18)(H,16,17). The maximum Gasteiger partial charge on any atom is 0.326 e. The zero-order chi connectivity index (χ0) is 13.3. The van der Waals surface area contributed by atoms with Gasteiger partial charge in [-0.2, -0.15) is 0 Å². The van der Waals surface area contributed by atoms with Gasteiger partial charge in [-0.3, -0.25) is 4.79 Å². The summed E-state index contributed by atoms with van der Waals surface area (Å²) < 4.78 is 0. The number of carboxylic acid groups (broad SMARTS) is 1. The third-order valence-electron chi connectivity index (χ3n) is 3.52. The molecule has 0 aromatic carbocycles. The molecule has 1 saturated carbocycles. The highest BCUT2D eigenvalue weighted by Gasteiger charge is 2.39. The Balaban J connectivity index is 1.88. The summed E-state index contributed by atoms with van der Waals surface area (Å²) in [5.74, 6) is -1.69. The van der Waals surface area contributed by atoms with Crippen molar-refractivity contribution in [2.75, 3.05) is 13.1 Å². The summed E-state index contributed by atoms with van der Waals surface area (Å²) in [7, 11) is 0. The maximum atomic E-state index is 11.9. The van der Waals surface area contributed by atoms with Gasteiger partial charge >= 0.3 is 12.0 Å². The predicted octanol–water partition coefficient (Wildman–Crippen LogP) is -0.634. The number of nitrogens with one attached hydrogen (secondary N) is 1. The molecule has 1 aliphatic carbocycles. The highest BCUT2D eigenvalue weighted by atomic mass is 16.4. The van der Waals surface area contributed by atoms with Gasteiger partial charge in [-0.25, -0.2) is 9.59 Å². The van der Waals surface area contributed by atoms with E-state index in [1.807, 2.05) is 0 Å². The Hall–Kier alpha value is -1.79. The third kappa shape index (κ3) is 2.72. The average molecular weight is 255 g/mol. The van der Waals surface area contributed by atoms with Gasteiger partial charge in [0, 0.05) is 13.1 Å². The van der Waals surface area contributed by atoms with Gasteiger partial charge in [0.25, 0.3) is 0 Å². The molecule has 18 heavy (non-hydrogen) atoms. The summed E-state index contributed by atoms with van der Waals surface area (Å²) in [6.45, 7) is 0.717. The van der Waals surface area contributed by atoms with Crippen LogP contribution in [0.25, 0.3) is 0 Å². The average Bonchev–Trinajstić information content (AvgIpc) is 3.00. The van der Waals surface area contributed by atoms with E-state index in [0.29, 0.717) is 13.0 Å². The SMILES string of the molecule is NC(=O)C1CCN(C(=O)NC(C(=O)O)C2CC2)C1. The summed E-state index contributed by atoms with van der Waals surface area (Å²) in [6, 6.07) is -1.23. The first kappa shape index (κ1) is 12.7. The molecule has 100 valence electrons. The van der Waals surface area contributed by atoms with Crippen molar-refractivity contribution in [1.82, 2.24) is 10.2 Å². The topological polar surface area (TPSA) is 113 Å². The lowest BCUT2D eigenvalue weighted by Crippen LogP contribution is -2.48. The van der Waals surface area contributed by atoms with Crippen molar-refractivity contribution >= 4 is 17.9 Å². The molecule has 4 N–H and O–H groups in total. The van der Waals surface area contributed by atoms with Crippen LogP contribution in [0.15, 0.2) is 0 Å². The minimum atomic E-state index is -1.00. The number of carboxylic acids is 1. The quantitative estimate of drug-likeness (QED) is 0.620. The highest BCUT2D eigenvalue weighted by Crippen LogP contribution is 2.33. The van der Waals surface area contributed by atoms with Gasteiger partial charge < -0.3 is 21.1 Å². The van der Waals surface area contributed by atoms with Crippen LogP contribution >= 0.6 is 0 Å². The van der Waals surface area contributed by atoms with E-state index in [1.165, 1.54) is 4.90 Å². The number of amides is 3. The van der Waals surface area contributed by atoms with Crippen molar-refractivity contribution in [1.29, 1.82) is 0 Å². The first-order valence-corrected chi connectivity index (χ1v) is 6.06. The van der Waals surface area contributed by atoms with Crippen molar-refractivity contribution in [3.63, 3.8) is 0 Å². The Morgan fingerprint density at radius 1 is 1.28 bits per heavy atom. The first-order valence-electron chi connectivity index (χ1n) is 6.06. The van der Waals surface area contributed by atoms with E-state index in [9.17, 15) is 14.4 Å². The number of carbonyl (C=O) groups excluding carboxylic acids is 2. The minimum absolute atomic E-state index is 0.0426. The van der Waals surface area contributed by atoms with E-state index >= 15 is 0 Å². The number of carbonyl (C=O) groups is 3. The molecule has 1 aliphatic heterocycles. The van der Waals surface area contributed by atoms with Crippen molar-refractivity contribution in [3.8, 4) is 0 Å². The molecule has 1 heterocycles. The fourth-order valence-corrected chi connectivity index (χ4v) is 2.21. The number of nitrogens with two attached hydrogens (primary N) is 1. The normalized spacial score (nSPS) is 24.7. The lowest BCUT2D eigenvalue weighted by molar-refractivity contribution is -0.139. The number of urea groups is 1. The highest BCUT2D eigenvalue weighted by molar-refractivity contribution is 5.84. The van der Waals surface area contributed by atoms with Gasteiger partial charge in [0.05, 0.1) is 5.92 Å². The molecular formula is C11H17N3O4. The largest absolute Gasteiger partial charge is 0.480 e. The summed E-state index contributed by atoms with van der Waals surface area (Å²) in [6.07, 6.45) is 2.21. The lowest BCUT2D eigenvalue weighted by Gasteiger charge is -2.20. The molecule has 0 radical (unpaired) electrons. The van der Waals surface area contributed by atoms with E-state index in [2.05, 4.69) is 5.32 Å². The number of hydrogen-bond donors (Lipinski definition) is 3. The molecule has 2 rings (SSSR count). The van der Waals surface area contributed by atoms with Crippen molar-refractivity contribution < 1.29 is 19.5 Å². The summed E-state index contributed by atoms with van der Waals surface area (Å²) in [5.41, 5.74) is 5.18. The maximum absolute atomic E-state index is 11.9. The molecule has 2 atom stereocenters. The van der Waals surface area contributed by atoms with Crippen LogP contribution in [-0.4, -0.2) is 47.0 Å². The second-order valence-corrected chi connectivity index (χ2v) is 4.94. The zero-order valence-electron chi connectivity index (χ0n) is 9.96. The Kier molecular flexibility index (Phi) is 3.40. The molecule has 0 aromatic heterocycles. The summed E-state index contributed by atoms with van der Waals surface area (Å²) >= 11 is 0. The van der Waals surface area contributed by atoms with Gasteiger partial charge in [0.1, 0.15) is 6.04 Å². The van der Waals surface area contributed by atoms with Gasteiger partial charge in [-0.15, -0.1) is 0 Å². The van der Waals surface area contributed by atoms with Crippen LogP contribution in [0.5, 0.6) is 0 Å². The number of nitrogens with zero attached hydrogens (tertiary/aromatic N) is 1. The predicted molar refractivity (Wildman–Crippen MR) is 61.6 cm³/mol. The lowest BCUT2D eigenvalue weighted by atomic mass is 10.1. The molecule has 0 spiro atoms. The molecule has 0 bridgehead atoms. The Bertz CT molecular complexity index is 380.